The molecule has 0 N–H and O–H groups in total. The standard InChI is InChI=1S/C14H15F3N4O3S/c1-9-12-18-19-13(14(15,16)17)20(12)7-8-21(9)25(22,23)11-5-3-10(24-2)4-6-11/h3-6,9H,7-8H2,1-2H3. The third-order valence-electron chi connectivity index (χ3n) is 4.05. The second-order valence-electron chi connectivity index (χ2n) is 5.50. The number of methoxy groups -OCH3 is 1. The predicted molar refractivity (Wildman–Crippen MR) is 80.3 cm³/mol. The largest absolute Gasteiger partial charge is 0.497 e. The molecule has 0 saturated heterocycles. The van der Waals surface area contributed by atoms with Crippen LogP contribution in [0.2, 0.25) is 0 Å². The van der Waals surface area contributed by atoms with Crippen LogP contribution >= 0.6 is 0 Å². The van der Waals surface area contributed by atoms with Crippen molar-refractivity contribution in [1.29, 1.82) is 0 Å². The molecule has 0 radical (unpaired) electrons. The Kier molecular flexibility index (Phi) is 4.23. The van der Waals surface area contributed by atoms with Gasteiger partial charge in [0.2, 0.25) is 15.8 Å². The van der Waals surface area contributed by atoms with Gasteiger partial charge >= 0.3 is 6.18 Å². The van der Waals surface area contributed by atoms with Crippen molar-refractivity contribution in [3.63, 3.8) is 0 Å². The second kappa shape index (κ2) is 5.99. The van der Waals surface area contributed by atoms with E-state index in [1.54, 1.807) is 0 Å². The number of hydrogen-bond donors (Lipinski definition) is 0. The third kappa shape index (κ3) is 2.97. The summed E-state index contributed by atoms with van der Waals surface area (Å²) in [4.78, 5) is 0.0316. The van der Waals surface area contributed by atoms with Crippen molar-refractivity contribution in [2.24, 2.45) is 0 Å². The number of rotatable bonds is 3. The second-order valence-corrected chi connectivity index (χ2v) is 7.39. The zero-order chi connectivity index (χ0) is 18.4. The Morgan fingerprint density at radius 2 is 1.80 bits per heavy atom. The molecule has 0 fully saturated rings. The summed E-state index contributed by atoms with van der Waals surface area (Å²) in [6.07, 6.45) is -4.64. The average Bonchev–Trinajstić information content (AvgIpc) is 3.00. The Morgan fingerprint density at radius 1 is 1.16 bits per heavy atom. The number of aromatic nitrogens is 3. The van der Waals surface area contributed by atoms with E-state index < -0.39 is 28.1 Å². The summed E-state index contributed by atoms with van der Waals surface area (Å²) in [7, 11) is -2.43. The highest BCUT2D eigenvalue weighted by Crippen LogP contribution is 2.35. The molecular formula is C14H15F3N4O3S. The fourth-order valence-electron chi connectivity index (χ4n) is 2.79. The lowest BCUT2D eigenvalue weighted by molar-refractivity contribution is -0.147. The molecule has 0 amide bonds. The lowest BCUT2D eigenvalue weighted by atomic mass is 10.2. The number of alkyl halides is 3. The molecule has 1 aromatic heterocycles. The Balaban J connectivity index is 1.95. The van der Waals surface area contributed by atoms with E-state index in [0.717, 1.165) is 8.87 Å². The topological polar surface area (TPSA) is 77.3 Å². The maximum absolute atomic E-state index is 12.9. The SMILES string of the molecule is COc1ccc(S(=O)(=O)N2CCn3c(nnc3C(F)(F)F)C2C)cc1. The molecular weight excluding hydrogens is 361 g/mol. The van der Waals surface area contributed by atoms with Gasteiger partial charge in [0.15, 0.2) is 5.82 Å². The molecule has 2 aromatic rings. The van der Waals surface area contributed by atoms with Gasteiger partial charge in [-0.3, -0.25) is 0 Å². The van der Waals surface area contributed by atoms with Crippen LogP contribution in [0.4, 0.5) is 13.2 Å². The van der Waals surface area contributed by atoms with Crippen molar-refractivity contribution in [1.82, 2.24) is 19.1 Å². The van der Waals surface area contributed by atoms with Gasteiger partial charge in [0.05, 0.1) is 18.0 Å². The monoisotopic (exact) mass is 376 g/mol. The van der Waals surface area contributed by atoms with E-state index in [2.05, 4.69) is 10.2 Å². The van der Waals surface area contributed by atoms with E-state index in [1.807, 2.05) is 0 Å². The highest BCUT2D eigenvalue weighted by Gasteiger charge is 2.43. The Hall–Kier alpha value is -2.14. The van der Waals surface area contributed by atoms with Crippen molar-refractivity contribution >= 4 is 10.0 Å². The fourth-order valence-corrected chi connectivity index (χ4v) is 4.37. The van der Waals surface area contributed by atoms with Crippen LogP contribution in [0.5, 0.6) is 5.75 Å². The molecule has 3 rings (SSSR count). The van der Waals surface area contributed by atoms with Gasteiger partial charge in [-0.25, -0.2) is 8.42 Å². The molecule has 0 spiro atoms. The molecule has 2 heterocycles. The zero-order valence-electron chi connectivity index (χ0n) is 13.4. The van der Waals surface area contributed by atoms with Crippen LogP contribution in [0.25, 0.3) is 0 Å². The Labute approximate surface area is 142 Å². The summed E-state index contributed by atoms with van der Waals surface area (Å²) in [5.74, 6) is -0.647. The van der Waals surface area contributed by atoms with Crippen molar-refractivity contribution < 1.29 is 26.3 Å². The van der Waals surface area contributed by atoms with Gasteiger partial charge in [0.1, 0.15) is 5.75 Å². The number of sulfonamides is 1. The third-order valence-corrected chi connectivity index (χ3v) is 6.03. The van der Waals surface area contributed by atoms with Crippen molar-refractivity contribution in [3.05, 3.63) is 35.9 Å². The first-order valence-electron chi connectivity index (χ1n) is 7.32. The van der Waals surface area contributed by atoms with Gasteiger partial charge in [-0.15, -0.1) is 10.2 Å². The first-order chi connectivity index (χ1) is 11.7. The van der Waals surface area contributed by atoms with Crippen LogP contribution in [-0.2, 0) is 22.7 Å². The molecule has 7 nitrogen and oxygen atoms in total. The molecule has 1 unspecified atom stereocenters. The van der Waals surface area contributed by atoms with Gasteiger partial charge in [0, 0.05) is 13.1 Å². The fraction of sp³-hybridized carbons (Fsp3) is 0.429. The summed E-state index contributed by atoms with van der Waals surface area (Å²) in [6, 6.07) is 4.92. The molecule has 1 aliphatic rings. The number of halogens is 3. The number of hydrogen-bond acceptors (Lipinski definition) is 5. The van der Waals surface area contributed by atoms with Crippen molar-refractivity contribution in [2.75, 3.05) is 13.7 Å². The smallest absolute Gasteiger partial charge is 0.451 e. The van der Waals surface area contributed by atoms with E-state index >= 15 is 0 Å². The average molecular weight is 376 g/mol. The Bertz CT molecular complexity index is 878. The minimum atomic E-state index is -4.64. The molecule has 11 heteroatoms. The van der Waals surface area contributed by atoms with E-state index in [-0.39, 0.29) is 23.8 Å². The van der Waals surface area contributed by atoms with Crippen molar-refractivity contribution in [2.45, 2.75) is 30.6 Å². The molecule has 0 bridgehead atoms. The van der Waals surface area contributed by atoms with Crippen LogP contribution in [0, 0.1) is 0 Å². The molecule has 0 saturated carbocycles. The van der Waals surface area contributed by atoms with E-state index in [1.165, 1.54) is 38.3 Å². The first kappa shape index (κ1) is 17.7. The van der Waals surface area contributed by atoms with Gasteiger partial charge < -0.3 is 9.30 Å². The number of benzene rings is 1. The van der Waals surface area contributed by atoms with Crippen LogP contribution in [0.1, 0.15) is 24.6 Å². The predicted octanol–water partition coefficient (Wildman–Crippen LogP) is 2.07. The van der Waals surface area contributed by atoms with Gasteiger partial charge in [-0.2, -0.15) is 17.5 Å². The minimum Gasteiger partial charge on any atom is -0.497 e. The maximum atomic E-state index is 12.9. The summed E-state index contributed by atoms with van der Waals surface area (Å²) in [6.45, 7) is 1.21. The maximum Gasteiger partial charge on any atom is 0.451 e. The summed E-state index contributed by atoms with van der Waals surface area (Å²) in [5.41, 5.74) is 0. The van der Waals surface area contributed by atoms with Crippen LogP contribution < -0.4 is 4.74 Å². The highest BCUT2D eigenvalue weighted by molar-refractivity contribution is 7.89. The number of nitrogens with zero attached hydrogens (tertiary/aromatic N) is 4. The molecule has 0 aliphatic carbocycles. The van der Waals surface area contributed by atoms with Gasteiger partial charge in [-0.05, 0) is 31.2 Å². The highest BCUT2D eigenvalue weighted by atomic mass is 32.2. The van der Waals surface area contributed by atoms with E-state index in [4.69, 9.17) is 4.74 Å². The Morgan fingerprint density at radius 3 is 2.36 bits per heavy atom. The summed E-state index contributed by atoms with van der Waals surface area (Å²) >= 11 is 0. The molecule has 136 valence electrons. The van der Waals surface area contributed by atoms with E-state index in [0.29, 0.717) is 5.75 Å². The van der Waals surface area contributed by atoms with Crippen LogP contribution in [-0.4, -0.2) is 41.1 Å². The van der Waals surface area contributed by atoms with E-state index in [9.17, 15) is 21.6 Å². The number of fused-ring (bicyclic) bond motifs is 1. The van der Waals surface area contributed by atoms with Gasteiger partial charge in [-0.1, -0.05) is 0 Å². The lowest BCUT2D eigenvalue weighted by Gasteiger charge is -2.32. The summed E-state index contributed by atoms with van der Waals surface area (Å²) < 4.78 is 71.5. The normalized spacial score (nSPS) is 18.8. The lowest BCUT2D eigenvalue weighted by Crippen LogP contribution is -2.41. The van der Waals surface area contributed by atoms with Crippen molar-refractivity contribution in [3.8, 4) is 5.75 Å². The molecule has 1 aromatic carbocycles. The van der Waals surface area contributed by atoms with Crippen LogP contribution in [0.3, 0.4) is 0 Å². The zero-order valence-corrected chi connectivity index (χ0v) is 14.2. The van der Waals surface area contributed by atoms with Crippen LogP contribution in [0.15, 0.2) is 29.2 Å². The molecule has 1 atom stereocenters. The molecule has 1 aliphatic heterocycles. The minimum absolute atomic E-state index is 0.0316. The van der Waals surface area contributed by atoms with Gasteiger partial charge in [0.25, 0.3) is 0 Å². The first-order valence-corrected chi connectivity index (χ1v) is 8.76. The molecule has 25 heavy (non-hydrogen) atoms. The quantitative estimate of drug-likeness (QED) is 0.820. The summed E-state index contributed by atoms with van der Waals surface area (Å²) in [5, 5.41) is 6.74. The number of ether oxygens (including phenoxy) is 1.